The second-order valence-corrected chi connectivity index (χ2v) is 4.17. The molecule has 0 spiro atoms. The van der Waals surface area contributed by atoms with Gasteiger partial charge in [0, 0.05) is 19.4 Å². The maximum absolute atomic E-state index is 10.5. The number of carbonyl (C=O) groups excluding carboxylic acids is 1. The Labute approximate surface area is 94.4 Å². The molecule has 0 N–H and O–H groups in total. The van der Waals surface area contributed by atoms with Gasteiger partial charge < -0.3 is 19.5 Å². The van der Waals surface area contributed by atoms with Crippen molar-refractivity contribution in [2.24, 2.45) is 0 Å². The second kappa shape index (κ2) is 4.04. The van der Waals surface area contributed by atoms with Gasteiger partial charge >= 0.3 is 0 Å². The molecule has 1 aromatic rings. The fourth-order valence-corrected chi connectivity index (χ4v) is 1.94. The summed E-state index contributed by atoms with van der Waals surface area (Å²) in [5, 5.41) is 10.5. The fraction of sp³-hybridized carbons (Fsp3) is 0.417. The minimum atomic E-state index is -1.08. The SMILES string of the molecule is Cc1ccc2c(c1)N(C)CC(CC(=O)[O-])O2. The van der Waals surface area contributed by atoms with E-state index in [0.29, 0.717) is 6.54 Å². The van der Waals surface area contributed by atoms with E-state index in [1.54, 1.807) is 0 Å². The third-order valence-corrected chi connectivity index (χ3v) is 2.69. The van der Waals surface area contributed by atoms with Crippen molar-refractivity contribution in [1.82, 2.24) is 0 Å². The average Bonchev–Trinajstić information content (AvgIpc) is 2.18. The number of likely N-dealkylation sites (N-methyl/N-ethyl adjacent to an activating group) is 1. The number of rotatable bonds is 2. The Morgan fingerprint density at radius 1 is 1.62 bits per heavy atom. The van der Waals surface area contributed by atoms with Crippen molar-refractivity contribution < 1.29 is 14.6 Å². The number of aryl methyl sites for hydroxylation is 1. The third kappa shape index (κ3) is 2.10. The maximum atomic E-state index is 10.5. The van der Waals surface area contributed by atoms with Crippen LogP contribution in [-0.2, 0) is 4.79 Å². The Kier molecular flexibility index (Phi) is 2.73. The highest BCUT2D eigenvalue weighted by molar-refractivity contribution is 5.66. The third-order valence-electron chi connectivity index (χ3n) is 2.69. The normalized spacial score (nSPS) is 18.9. The lowest BCUT2D eigenvalue weighted by Gasteiger charge is -2.34. The van der Waals surface area contributed by atoms with Gasteiger partial charge in [0.15, 0.2) is 0 Å². The summed E-state index contributed by atoms with van der Waals surface area (Å²) in [6.45, 7) is 2.59. The van der Waals surface area contributed by atoms with Crippen LogP contribution in [0, 0.1) is 6.92 Å². The van der Waals surface area contributed by atoms with E-state index in [-0.39, 0.29) is 12.5 Å². The standard InChI is InChI=1S/C12H15NO3/c1-8-3-4-11-10(5-8)13(2)7-9(16-11)6-12(14)15/h3-5,9H,6-7H2,1-2H3,(H,14,15)/p-1. The van der Waals surface area contributed by atoms with E-state index in [4.69, 9.17) is 4.74 Å². The highest BCUT2D eigenvalue weighted by Crippen LogP contribution is 2.33. The summed E-state index contributed by atoms with van der Waals surface area (Å²) in [7, 11) is 1.93. The average molecular weight is 220 g/mol. The molecule has 1 atom stereocenters. The van der Waals surface area contributed by atoms with E-state index in [1.165, 1.54) is 0 Å². The molecule has 0 radical (unpaired) electrons. The van der Waals surface area contributed by atoms with Crippen LogP contribution in [0.15, 0.2) is 18.2 Å². The molecule has 4 nitrogen and oxygen atoms in total. The number of carboxylic acids is 1. The van der Waals surface area contributed by atoms with Crippen LogP contribution in [0.25, 0.3) is 0 Å². The van der Waals surface area contributed by atoms with Crippen molar-refractivity contribution in [3.8, 4) is 5.75 Å². The van der Waals surface area contributed by atoms with E-state index in [0.717, 1.165) is 17.0 Å². The van der Waals surface area contributed by atoms with Crippen molar-refractivity contribution in [1.29, 1.82) is 0 Å². The molecule has 0 saturated carbocycles. The molecule has 0 aliphatic carbocycles. The monoisotopic (exact) mass is 220 g/mol. The summed E-state index contributed by atoms with van der Waals surface area (Å²) < 4.78 is 5.61. The first-order valence-electron chi connectivity index (χ1n) is 5.24. The number of hydrogen-bond donors (Lipinski definition) is 0. The Bertz CT molecular complexity index is 417. The number of ether oxygens (including phenoxy) is 1. The molecule has 1 heterocycles. The lowest BCUT2D eigenvalue weighted by molar-refractivity contribution is -0.307. The Morgan fingerprint density at radius 2 is 2.38 bits per heavy atom. The van der Waals surface area contributed by atoms with Crippen LogP contribution in [-0.4, -0.2) is 25.7 Å². The van der Waals surface area contributed by atoms with Gasteiger partial charge in [-0.1, -0.05) is 6.07 Å². The zero-order valence-corrected chi connectivity index (χ0v) is 9.40. The van der Waals surface area contributed by atoms with Crippen molar-refractivity contribution in [2.75, 3.05) is 18.5 Å². The molecule has 1 unspecified atom stereocenters. The van der Waals surface area contributed by atoms with Crippen LogP contribution in [0.3, 0.4) is 0 Å². The smallest absolute Gasteiger partial charge is 0.143 e. The van der Waals surface area contributed by atoms with Crippen LogP contribution in [0.2, 0.25) is 0 Å². The van der Waals surface area contributed by atoms with Gasteiger partial charge in [-0.2, -0.15) is 0 Å². The number of aliphatic carboxylic acids is 1. The molecule has 0 saturated heterocycles. The number of fused-ring (bicyclic) bond motifs is 1. The highest BCUT2D eigenvalue weighted by atomic mass is 16.5. The van der Waals surface area contributed by atoms with Gasteiger partial charge in [0.1, 0.15) is 11.9 Å². The zero-order valence-electron chi connectivity index (χ0n) is 9.40. The molecule has 0 aromatic heterocycles. The second-order valence-electron chi connectivity index (χ2n) is 4.17. The first kappa shape index (κ1) is 10.8. The van der Waals surface area contributed by atoms with E-state index in [9.17, 15) is 9.90 Å². The summed E-state index contributed by atoms with van der Waals surface area (Å²) in [5.74, 6) is -0.334. The summed E-state index contributed by atoms with van der Waals surface area (Å²) >= 11 is 0. The van der Waals surface area contributed by atoms with Crippen molar-refractivity contribution in [3.63, 3.8) is 0 Å². The molecule has 0 fully saturated rings. The lowest BCUT2D eigenvalue weighted by Crippen LogP contribution is -2.41. The van der Waals surface area contributed by atoms with Gasteiger partial charge in [0.25, 0.3) is 0 Å². The first-order chi connectivity index (χ1) is 7.56. The quantitative estimate of drug-likeness (QED) is 0.721. The van der Waals surface area contributed by atoms with E-state index >= 15 is 0 Å². The van der Waals surface area contributed by atoms with Crippen LogP contribution in [0.5, 0.6) is 5.75 Å². The first-order valence-corrected chi connectivity index (χ1v) is 5.24. The summed E-state index contributed by atoms with van der Waals surface area (Å²) in [6.07, 6.45) is -0.400. The van der Waals surface area contributed by atoms with Gasteiger partial charge in [-0.25, -0.2) is 0 Å². The number of nitrogens with zero attached hydrogens (tertiary/aromatic N) is 1. The number of benzene rings is 1. The molecule has 2 rings (SSSR count). The van der Waals surface area contributed by atoms with E-state index in [1.807, 2.05) is 37.1 Å². The molecule has 0 amide bonds. The number of hydrogen-bond acceptors (Lipinski definition) is 4. The fourth-order valence-electron chi connectivity index (χ4n) is 1.94. The number of anilines is 1. The summed E-state index contributed by atoms with van der Waals surface area (Å²) in [6, 6.07) is 5.86. The molecule has 4 heteroatoms. The molecule has 1 aliphatic heterocycles. The number of carbonyl (C=O) groups is 1. The van der Waals surface area contributed by atoms with Crippen LogP contribution in [0.4, 0.5) is 5.69 Å². The minimum absolute atomic E-state index is 0.0718. The summed E-state index contributed by atoms with van der Waals surface area (Å²) in [5.41, 5.74) is 2.17. The molecule has 0 bridgehead atoms. The Balaban J connectivity index is 2.23. The molecule has 1 aromatic carbocycles. The van der Waals surface area contributed by atoms with Crippen molar-refractivity contribution in [2.45, 2.75) is 19.4 Å². The largest absolute Gasteiger partial charge is 0.550 e. The molecule has 1 aliphatic rings. The molecular formula is C12H14NO3-. The Morgan fingerprint density at radius 3 is 3.06 bits per heavy atom. The number of carboxylic acid groups (broad SMARTS) is 1. The molecular weight excluding hydrogens is 206 g/mol. The minimum Gasteiger partial charge on any atom is -0.550 e. The van der Waals surface area contributed by atoms with E-state index in [2.05, 4.69) is 0 Å². The zero-order chi connectivity index (χ0) is 11.7. The lowest BCUT2D eigenvalue weighted by atomic mass is 10.1. The van der Waals surface area contributed by atoms with Gasteiger partial charge in [-0.05, 0) is 24.6 Å². The van der Waals surface area contributed by atoms with Crippen molar-refractivity contribution >= 4 is 11.7 Å². The van der Waals surface area contributed by atoms with Crippen LogP contribution < -0.4 is 14.7 Å². The van der Waals surface area contributed by atoms with Crippen LogP contribution in [0.1, 0.15) is 12.0 Å². The molecule has 16 heavy (non-hydrogen) atoms. The van der Waals surface area contributed by atoms with Gasteiger partial charge in [0.2, 0.25) is 0 Å². The maximum Gasteiger partial charge on any atom is 0.143 e. The van der Waals surface area contributed by atoms with E-state index < -0.39 is 5.97 Å². The Hall–Kier alpha value is -1.71. The van der Waals surface area contributed by atoms with Gasteiger partial charge in [0.05, 0.1) is 12.2 Å². The predicted octanol–water partition coefficient (Wildman–Crippen LogP) is 0.332. The van der Waals surface area contributed by atoms with Crippen molar-refractivity contribution in [3.05, 3.63) is 23.8 Å². The summed E-state index contributed by atoms with van der Waals surface area (Å²) in [4.78, 5) is 12.5. The van der Waals surface area contributed by atoms with Crippen LogP contribution >= 0.6 is 0 Å². The predicted molar refractivity (Wildman–Crippen MR) is 58.5 cm³/mol. The molecule has 86 valence electrons. The van der Waals surface area contributed by atoms with Gasteiger partial charge in [-0.3, -0.25) is 0 Å². The van der Waals surface area contributed by atoms with Gasteiger partial charge in [-0.15, -0.1) is 0 Å². The topological polar surface area (TPSA) is 52.6 Å². The highest BCUT2D eigenvalue weighted by Gasteiger charge is 2.23.